The summed E-state index contributed by atoms with van der Waals surface area (Å²) in [7, 11) is 0. The zero-order valence-electron chi connectivity index (χ0n) is 14.3. The van der Waals surface area contributed by atoms with Crippen molar-refractivity contribution in [2.75, 3.05) is 16.9 Å². The minimum absolute atomic E-state index is 0.0809. The number of nitrogens with two attached hydrogens (primary N) is 1. The first kappa shape index (κ1) is 19.1. The smallest absolute Gasteiger partial charge is 0.234 e. The number of carbonyl (C=O) groups is 2. The number of anilines is 1. The lowest BCUT2D eigenvalue weighted by Crippen LogP contribution is -2.17. The van der Waals surface area contributed by atoms with E-state index in [-0.39, 0.29) is 17.4 Å². The van der Waals surface area contributed by atoms with Gasteiger partial charge in [0.05, 0.1) is 11.4 Å². The van der Waals surface area contributed by atoms with Crippen LogP contribution in [-0.4, -0.2) is 32.3 Å². The predicted octanol–water partition coefficient (Wildman–Crippen LogP) is 3.35. The summed E-state index contributed by atoms with van der Waals surface area (Å²) >= 11 is 4.62. The van der Waals surface area contributed by atoms with Gasteiger partial charge in [-0.15, -0.1) is 10.2 Å². The molecule has 0 saturated carbocycles. The van der Waals surface area contributed by atoms with Gasteiger partial charge in [0, 0.05) is 15.6 Å². The number of amides is 1. The highest BCUT2D eigenvalue weighted by Crippen LogP contribution is 2.28. The molecule has 0 radical (unpaired) electrons. The first-order valence-corrected chi connectivity index (χ1v) is 9.73. The maximum absolute atomic E-state index is 12.3. The van der Waals surface area contributed by atoms with Crippen LogP contribution in [0.15, 0.2) is 58.2 Å². The fourth-order valence-corrected chi connectivity index (χ4v) is 3.54. The van der Waals surface area contributed by atoms with Crippen molar-refractivity contribution >= 4 is 45.1 Å². The number of benzene rings is 2. The van der Waals surface area contributed by atoms with E-state index in [1.54, 1.807) is 24.3 Å². The van der Waals surface area contributed by atoms with E-state index >= 15 is 0 Å². The quantitative estimate of drug-likeness (QED) is 0.342. The maximum atomic E-state index is 12.3. The number of thioether (sulfide) groups is 1. The number of ketones is 1. The number of nitrogens with zero attached hydrogens (tertiary/aromatic N) is 3. The van der Waals surface area contributed by atoms with Gasteiger partial charge in [-0.25, -0.2) is 4.68 Å². The van der Waals surface area contributed by atoms with Crippen molar-refractivity contribution < 1.29 is 9.59 Å². The summed E-state index contributed by atoms with van der Waals surface area (Å²) in [6, 6.07) is 14.4. The number of aromatic nitrogens is 3. The summed E-state index contributed by atoms with van der Waals surface area (Å²) in [6.07, 6.45) is 0. The highest BCUT2D eigenvalue weighted by molar-refractivity contribution is 9.10. The van der Waals surface area contributed by atoms with Crippen LogP contribution in [0.25, 0.3) is 11.4 Å². The molecule has 0 fully saturated rings. The molecular formula is C18H16BrN5O2S. The van der Waals surface area contributed by atoms with E-state index in [0.717, 1.165) is 21.8 Å². The Balaban J connectivity index is 1.69. The molecule has 0 unspecified atom stereocenters. The largest absolute Gasteiger partial charge is 0.335 e. The molecule has 0 spiro atoms. The molecule has 3 aromatic rings. The molecule has 7 nitrogen and oxygen atoms in total. The van der Waals surface area contributed by atoms with E-state index < -0.39 is 0 Å². The van der Waals surface area contributed by atoms with Gasteiger partial charge in [0.25, 0.3) is 0 Å². The van der Waals surface area contributed by atoms with E-state index in [2.05, 4.69) is 31.4 Å². The number of rotatable bonds is 6. The second kappa shape index (κ2) is 8.36. The molecule has 9 heteroatoms. The third-order valence-electron chi connectivity index (χ3n) is 3.69. The number of Topliss-reactive ketones (excluding diaryl/α,β-unsaturated/α-hetero) is 1. The molecule has 0 atom stereocenters. The van der Waals surface area contributed by atoms with E-state index in [1.807, 2.05) is 24.3 Å². The molecule has 1 amide bonds. The number of carbonyl (C=O) groups excluding carboxylic acids is 2. The fraction of sp³-hybridized carbons (Fsp3) is 0.111. The highest BCUT2D eigenvalue weighted by Gasteiger charge is 2.16. The van der Waals surface area contributed by atoms with Crippen LogP contribution in [0.4, 0.5) is 5.69 Å². The lowest BCUT2D eigenvalue weighted by Gasteiger charge is -2.09. The second-order valence-electron chi connectivity index (χ2n) is 5.59. The number of hydrogen-bond donors (Lipinski definition) is 2. The van der Waals surface area contributed by atoms with Crippen molar-refractivity contribution in [2.24, 2.45) is 0 Å². The molecule has 0 saturated heterocycles. The normalized spacial score (nSPS) is 10.6. The Morgan fingerprint density at radius 1 is 1.15 bits per heavy atom. The minimum atomic E-state index is -0.265. The van der Waals surface area contributed by atoms with Crippen molar-refractivity contribution in [2.45, 2.75) is 12.1 Å². The monoisotopic (exact) mass is 445 g/mol. The SMILES string of the molecule is CC(=O)c1ccccc1NC(=O)CSc1nnc(-c2ccccc2Br)n1N. The molecule has 1 aromatic heterocycles. The summed E-state index contributed by atoms with van der Waals surface area (Å²) in [5.74, 6) is 6.28. The maximum Gasteiger partial charge on any atom is 0.234 e. The number of nitrogens with one attached hydrogen (secondary N) is 1. The van der Waals surface area contributed by atoms with Crippen molar-refractivity contribution in [3.05, 3.63) is 58.6 Å². The summed E-state index contributed by atoms with van der Waals surface area (Å²) in [5.41, 5.74) is 1.76. The molecule has 0 aliphatic rings. The van der Waals surface area contributed by atoms with Gasteiger partial charge < -0.3 is 11.2 Å². The van der Waals surface area contributed by atoms with Crippen LogP contribution in [0.2, 0.25) is 0 Å². The standard InChI is InChI=1S/C18H16BrN5O2S/c1-11(25)12-6-3-5-9-15(12)21-16(26)10-27-18-23-22-17(24(18)20)13-7-2-4-8-14(13)19/h2-9H,10,20H2,1H3,(H,21,26). The average molecular weight is 446 g/mol. The first-order chi connectivity index (χ1) is 13.0. The lowest BCUT2D eigenvalue weighted by molar-refractivity contribution is -0.113. The summed E-state index contributed by atoms with van der Waals surface area (Å²) in [6.45, 7) is 1.46. The van der Waals surface area contributed by atoms with Gasteiger partial charge in [0.1, 0.15) is 0 Å². The summed E-state index contributed by atoms with van der Waals surface area (Å²) < 4.78 is 2.20. The van der Waals surface area contributed by atoms with Crippen LogP contribution >= 0.6 is 27.7 Å². The number of hydrogen-bond acceptors (Lipinski definition) is 6. The van der Waals surface area contributed by atoms with Gasteiger partial charge in [0.2, 0.25) is 11.1 Å². The van der Waals surface area contributed by atoms with Crippen LogP contribution in [0.1, 0.15) is 17.3 Å². The first-order valence-electron chi connectivity index (χ1n) is 7.95. The Bertz CT molecular complexity index is 1000. The zero-order valence-corrected chi connectivity index (χ0v) is 16.8. The Morgan fingerprint density at radius 2 is 1.85 bits per heavy atom. The fourth-order valence-electron chi connectivity index (χ4n) is 2.42. The Kier molecular flexibility index (Phi) is 5.92. The topological polar surface area (TPSA) is 103 Å². The number of nitrogen functional groups attached to an aromatic ring is 1. The molecule has 0 aliphatic heterocycles. The van der Waals surface area contributed by atoms with Crippen LogP contribution in [0.3, 0.4) is 0 Å². The predicted molar refractivity (Wildman–Crippen MR) is 109 cm³/mol. The minimum Gasteiger partial charge on any atom is -0.335 e. The Hall–Kier alpha value is -2.65. The van der Waals surface area contributed by atoms with Crippen molar-refractivity contribution in [3.63, 3.8) is 0 Å². The number of para-hydroxylation sites is 1. The van der Waals surface area contributed by atoms with E-state index in [4.69, 9.17) is 5.84 Å². The summed E-state index contributed by atoms with van der Waals surface area (Å²) in [5, 5.41) is 11.3. The Morgan fingerprint density at radius 3 is 2.59 bits per heavy atom. The lowest BCUT2D eigenvalue weighted by atomic mass is 10.1. The van der Waals surface area contributed by atoms with E-state index in [1.165, 1.54) is 11.6 Å². The average Bonchev–Trinajstić information content (AvgIpc) is 3.01. The number of halogens is 1. The van der Waals surface area contributed by atoms with Gasteiger partial charge in [0.15, 0.2) is 11.6 Å². The van der Waals surface area contributed by atoms with E-state index in [9.17, 15) is 9.59 Å². The molecule has 0 bridgehead atoms. The van der Waals surface area contributed by atoms with Crippen molar-refractivity contribution in [1.82, 2.24) is 14.9 Å². The third-order valence-corrected chi connectivity index (χ3v) is 5.33. The summed E-state index contributed by atoms with van der Waals surface area (Å²) in [4.78, 5) is 23.9. The molecule has 3 N–H and O–H groups in total. The van der Waals surface area contributed by atoms with Crippen molar-refractivity contribution in [3.8, 4) is 11.4 Å². The van der Waals surface area contributed by atoms with Crippen molar-refractivity contribution in [1.29, 1.82) is 0 Å². The van der Waals surface area contributed by atoms with Gasteiger partial charge in [-0.05, 0) is 31.2 Å². The zero-order chi connectivity index (χ0) is 19.4. The second-order valence-corrected chi connectivity index (χ2v) is 7.39. The van der Waals surface area contributed by atoms with Crippen LogP contribution in [-0.2, 0) is 4.79 Å². The molecule has 2 aromatic carbocycles. The molecule has 3 rings (SSSR count). The van der Waals surface area contributed by atoms with Gasteiger partial charge >= 0.3 is 0 Å². The van der Waals surface area contributed by atoms with Gasteiger partial charge in [-0.3, -0.25) is 9.59 Å². The molecule has 0 aliphatic carbocycles. The molecule has 1 heterocycles. The van der Waals surface area contributed by atoms with Crippen LogP contribution < -0.4 is 11.2 Å². The molecule has 138 valence electrons. The molecular weight excluding hydrogens is 430 g/mol. The van der Waals surface area contributed by atoms with Gasteiger partial charge in [-0.2, -0.15) is 0 Å². The van der Waals surface area contributed by atoms with Crippen LogP contribution in [0, 0.1) is 0 Å². The van der Waals surface area contributed by atoms with Gasteiger partial charge in [-0.1, -0.05) is 52.0 Å². The third kappa shape index (κ3) is 4.37. The van der Waals surface area contributed by atoms with E-state index in [0.29, 0.717) is 22.2 Å². The molecule has 27 heavy (non-hydrogen) atoms. The highest BCUT2D eigenvalue weighted by atomic mass is 79.9. The Labute approximate surface area is 168 Å². The van der Waals surface area contributed by atoms with Crippen LogP contribution in [0.5, 0.6) is 0 Å².